The van der Waals surface area contributed by atoms with Crippen molar-refractivity contribution in [3.63, 3.8) is 0 Å². The van der Waals surface area contributed by atoms with Gasteiger partial charge in [0.15, 0.2) is 0 Å². The van der Waals surface area contributed by atoms with Gasteiger partial charge in [0, 0.05) is 6.07 Å². The van der Waals surface area contributed by atoms with Crippen molar-refractivity contribution in [3.05, 3.63) is 51.9 Å². The molecule has 4 rings (SSSR count). The lowest BCUT2D eigenvalue weighted by Gasteiger charge is -2.02. The second kappa shape index (κ2) is 4.15. The second-order valence-corrected chi connectivity index (χ2v) is 6.01. The van der Waals surface area contributed by atoms with E-state index < -0.39 is 0 Å². The van der Waals surface area contributed by atoms with Crippen molar-refractivity contribution in [2.24, 2.45) is 7.05 Å². The van der Waals surface area contributed by atoms with E-state index in [1.54, 1.807) is 6.07 Å². The Kier molecular flexibility index (Phi) is 2.51. The van der Waals surface area contributed by atoms with Crippen LogP contribution < -0.4 is 4.57 Å². The number of fused-ring (bicyclic) bond motifs is 4. The fourth-order valence-corrected chi connectivity index (χ4v) is 3.69. The molecule has 0 atom stereocenters. The van der Waals surface area contributed by atoms with Crippen molar-refractivity contribution in [1.29, 1.82) is 0 Å². The van der Waals surface area contributed by atoms with Crippen LogP contribution in [0, 0.1) is 9.39 Å². The summed E-state index contributed by atoms with van der Waals surface area (Å²) >= 11 is 2.29. The van der Waals surface area contributed by atoms with Gasteiger partial charge in [0.2, 0.25) is 11.0 Å². The average molecular weight is 377 g/mol. The second-order valence-electron chi connectivity index (χ2n) is 4.93. The molecule has 2 heterocycles. The van der Waals surface area contributed by atoms with Gasteiger partial charge in [-0.1, -0.05) is 12.1 Å². The number of benzene rings is 2. The standard InChI is InChI=1S/C16H10FIN2/c1-20-13-7-6-9(17)8-11(13)14(18)15-16(20)10-4-2-3-5-12(10)19-15/h2-8H,1H3/p+1. The molecule has 2 aromatic carbocycles. The smallest absolute Gasteiger partial charge is 0.239 e. The summed E-state index contributed by atoms with van der Waals surface area (Å²) in [4.78, 5) is 3.45. The Hall–Kier alpha value is -1.69. The molecule has 98 valence electrons. The predicted octanol–water partition coefficient (Wildman–Crippen LogP) is 4.04. The van der Waals surface area contributed by atoms with E-state index in [0.717, 1.165) is 31.0 Å². The van der Waals surface area contributed by atoms with E-state index in [2.05, 4.69) is 44.3 Å². The first kappa shape index (κ1) is 12.1. The van der Waals surface area contributed by atoms with Crippen LogP contribution in [0.25, 0.3) is 32.8 Å². The molecule has 0 aliphatic rings. The first-order valence-corrected chi connectivity index (χ1v) is 7.42. The molecule has 0 saturated carbocycles. The van der Waals surface area contributed by atoms with Gasteiger partial charge in [-0.3, -0.25) is 0 Å². The van der Waals surface area contributed by atoms with Crippen LogP contribution in [-0.2, 0) is 7.05 Å². The van der Waals surface area contributed by atoms with Crippen LogP contribution in [0.2, 0.25) is 0 Å². The summed E-state index contributed by atoms with van der Waals surface area (Å²) in [5, 5.41) is 2.13. The minimum atomic E-state index is -0.203. The highest BCUT2D eigenvalue weighted by molar-refractivity contribution is 14.1. The third-order valence-electron chi connectivity index (χ3n) is 3.79. The van der Waals surface area contributed by atoms with Gasteiger partial charge in [-0.15, -0.1) is 0 Å². The molecular weight excluding hydrogens is 366 g/mol. The number of aromatic nitrogens is 2. The third kappa shape index (κ3) is 1.51. The van der Waals surface area contributed by atoms with Gasteiger partial charge in [-0.2, -0.15) is 4.57 Å². The van der Waals surface area contributed by atoms with E-state index in [1.807, 2.05) is 25.2 Å². The maximum Gasteiger partial charge on any atom is 0.239 e. The van der Waals surface area contributed by atoms with Crippen LogP contribution >= 0.6 is 22.6 Å². The molecule has 0 radical (unpaired) electrons. The minimum Gasteiger partial charge on any atom is -0.348 e. The van der Waals surface area contributed by atoms with Crippen LogP contribution in [0.15, 0.2) is 42.5 Å². The maximum absolute atomic E-state index is 13.5. The molecule has 0 amide bonds. The van der Waals surface area contributed by atoms with E-state index in [0.29, 0.717) is 0 Å². The molecule has 0 fully saturated rings. The monoisotopic (exact) mass is 377 g/mol. The lowest BCUT2D eigenvalue weighted by atomic mass is 10.1. The molecule has 0 unspecified atom stereocenters. The van der Waals surface area contributed by atoms with Gasteiger partial charge < -0.3 is 4.98 Å². The van der Waals surface area contributed by atoms with Crippen molar-refractivity contribution < 1.29 is 8.96 Å². The largest absolute Gasteiger partial charge is 0.348 e. The number of hydrogen-bond donors (Lipinski definition) is 1. The lowest BCUT2D eigenvalue weighted by molar-refractivity contribution is -0.616. The number of rotatable bonds is 0. The first-order valence-electron chi connectivity index (χ1n) is 6.34. The molecule has 2 aromatic heterocycles. The molecule has 4 aromatic rings. The zero-order valence-corrected chi connectivity index (χ0v) is 12.9. The van der Waals surface area contributed by atoms with Crippen LogP contribution in [0.1, 0.15) is 0 Å². The highest BCUT2D eigenvalue weighted by Gasteiger charge is 2.21. The molecule has 4 heteroatoms. The Morgan fingerprint density at radius 3 is 2.75 bits per heavy atom. The van der Waals surface area contributed by atoms with E-state index in [1.165, 1.54) is 11.5 Å². The molecule has 0 bridgehead atoms. The van der Waals surface area contributed by atoms with Crippen molar-refractivity contribution >= 4 is 55.4 Å². The van der Waals surface area contributed by atoms with Crippen LogP contribution in [0.4, 0.5) is 4.39 Å². The Bertz CT molecular complexity index is 988. The first-order chi connectivity index (χ1) is 9.66. The van der Waals surface area contributed by atoms with Crippen LogP contribution in [0.5, 0.6) is 0 Å². The number of para-hydroxylation sites is 1. The van der Waals surface area contributed by atoms with Crippen molar-refractivity contribution in [3.8, 4) is 0 Å². The Labute approximate surface area is 128 Å². The maximum atomic E-state index is 13.5. The van der Waals surface area contributed by atoms with E-state index in [4.69, 9.17) is 0 Å². The number of aromatic amines is 1. The Morgan fingerprint density at radius 2 is 1.90 bits per heavy atom. The summed E-state index contributed by atoms with van der Waals surface area (Å²) in [7, 11) is 2.03. The molecule has 20 heavy (non-hydrogen) atoms. The van der Waals surface area contributed by atoms with E-state index in [-0.39, 0.29) is 5.82 Å². The summed E-state index contributed by atoms with van der Waals surface area (Å²) in [6.45, 7) is 0. The van der Waals surface area contributed by atoms with Gasteiger partial charge in [-0.25, -0.2) is 4.39 Å². The number of nitrogens with zero attached hydrogens (tertiary/aromatic N) is 1. The van der Waals surface area contributed by atoms with Gasteiger partial charge >= 0.3 is 0 Å². The molecule has 0 spiro atoms. The van der Waals surface area contributed by atoms with Gasteiger partial charge in [-0.05, 0) is 46.9 Å². The fraction of sp³-hybridized carbons (Fsp3) is 0.0625. The molecule has 2 nitrogen and oxygen atoms in total. The topological polar surface area (TPSA) is 19.7 Å². The lowest BCUT2D eigenvalue weighted by Crippen LogP contribution is -2.30. The van der Waals surface area contributed by atoms with Gasteiger partial charge in [0.05, 0.1) is 19.9 Å². The molecule has 0 aliphatic heterocycles. The Balaban J connectivity index is 2.36. The number of hydrogen-bond acceptors (Lipinski definition) is 0. The molecular formula is C16H11FIN2+. The number of pyridine rings is 1. The quantitative estimate of drug-likeness (QED) is 0.353. The minimum absolute atomic E-state index is 0.203. The predicted molar refractivity (Wildman–Crippen MR) is 87.2 cm³/mol. The Morgan fingerprint density at radius 1 is 1.10 bits per heavy atom. The van der Waals surface area contributed by atoms with E-state index in [9.17, 15) is 4.39 Å². The number of halogens is 2. The van der Waals surface area contributed by atoms with Gasteiger partial charge in [0.25, 0.3) is 0 Å². The zero-order chi connectivity index (χ0) is 13.9. The van der Waals surface area contributed by atoms with Crippen molar-refractivity contribution in [1.82, 2.24) is 4.98 Å². The van der Waals surface area contributed by atoms with Crippen molar-refractivity contribution in [2.75, 3.05) is 0 Å². The summed E-state index contributed by atoms with van der Waals surface area (Å²) in [6, 6.07) is 13.2. The summed E-state index contributed by atoms with van der Waals surface area (Å²) in [6.07, 6.45) is 0. The van der Waals surface area contributed by atoms with Gasteiger partial charge in [0.1, 0.15) is 18.4 Å². The SMILES string of the molecule is C[n+]1c2ccc(F)cc2c(I)c2[nH]c3ccccc3c21. The van der Waals surface area contributed by atoms with Crippen LogP contribution in [-0.4, -0.2) is 4.98 Å². The fourth-order valence-electron chi connectivity index (χ4n) is 2.87. The number of H-pyrrole nitrogens is 1. The molecule has 0 saturated heterocycles. The summed E-state index contributed by atoms with van der Waals surface area (Å²) < 4.78 is 16.7. The third-order valence-corrected chi connectivity index (χ3v) is 4.91. The highest BCUT2D eigenvalue weighted by Crippen LogP contribution is 2.30. The molecule has 0 aliphatic carbocycles. The number of aryl methyl sites for hydroxylation is 1. The number of nitrogens with one attached hydrogen (secondary N) is 1. The highest BCUT2D eigenvalue weighted by atomic mass is 127. The normalized spacial score (nSPS) is 11.8. The molecule has 1 N–H and O–H groups in total. The average Bonchev–Trinajstić information content (AvgIpc) is 2.84. The van der Waals surface area contributed by atoms with Crippen LogP contribution in [0.3, 0.4) is 0 Å². The zero-order valence-electron chi connectivity index (χ0n) is 10.7. The van der Waals surface area contributed by atoms with Crippen molar-refractivity contribution in [2.45, 2.75) is 0 Å². The van der Waals surface area contributed by atoms with E-state index >= 15 is 0 Å². The summed E-state index contributed by atoms with van der Waals surface area (Å²) in [5.74, 6) is -0.203. The summed E-state index contributed by atoms with van der Waals surface area (Å²) in [5.41, 5.74) is 4.36.